The minimum Gasteiger partial charge on any atom is -0.431 e. The molecule has 1 aromatic carbocycles. The lowest BCUT2D eigenvalue weighted by atomic mass is 10.2. The second kappa shape index (κ2) is 5.16. The molecule has 0 aliphatic carbocycles. The molecule has 0 saturated carbocycles. The monoisotopic (exact) mass is 261 g/mol. The highest BCUT2D eigenvalue weighted by molar-refractivity contribution is 5.72. The summed E-state index contributed by atoms with van der Waals surface area (Å²) in [5.41, 5.74) is 0. The maximum atomic E-state index is 13.0. The van der Waals surface area contributed by atoms with Gasteiger partial charge in [-0.15, -0.1) is 0 Å². The van der Waals surface area contributed by atoms with Gasteiger partial charge in [0.15, 0.2) is 11.5 Å². The van der Waals surface area contributed by atoms with Gasteiger partial charge in [0.1, 0.15) is 5.82 Å². The standard InChI is InChI=1S/C11H10F3NO3/c12-7-2-3-8(17-10(13)14)9(6-7)18-11(16)15-4-1-5-15/h2-3,6,10H,1,4-5H2. The number of benzene rings is 1. The Labute approximate surface area is 101 Å². The van der Waals surface area contributed by atoms with Crippen LogP contribution in [0, 0.1) is 5.82 Å². The van der Waals surface area contributed by atoms with Crippen LogP contribution in [-0.2, 0) is 0 Å². The van der Waals surface area contributed by atoms with Crippen LogP contribution >= 0.6 is 0 Å². The number of carbonyl (C=O) groups excluding carboxylic acids is 1. The van der Waals surface area contributed by atoms with Crippen molar-refractivity contribution in [1.82, 2.24) is 4.90 Å². The number of halogens is 3. The van der Waals surface area contributed by atoms with Crippen LogP contribution in [-0.4, -0.2) is 30.7 Å². The van der Waals surface area contributed by atoms with E-state index in [1.807, 2.05) is 0 Å². The molecule has 0 radical (unpaired) electrons. The molecule has 1 saturated heterocycles. The zero-order valence-corrected chi connectivity index (χ0v) is 9.24. The van der Waals surface area contributed by atoms with Crippen LogP contribution < -0.4 is 9.47 Å². The topological polar surface area (TPSA) is 38.8 Å². The summed E-state index contributed by atoms with van der Waals surface area (Å²) >= 11 is 0. The molecule has 1 aromatic rings. The molecule has 98 valence electrons. The third-order valence-corrected chi connectivity index (χ3v) is 2.43. The van der Waals surface area contributed by atoms with Crippen molar-refractivity contribution in [3.8, 4) is 11.5 Å². The van der Waals surface area contributed by atoms with Gasteiger partial charge in [0, 0.05) is 19.2 Å². The zero-order chi connectivity index (χ0) is 13.1. The van der Waals surface area contributed by atoms with Gasteiger partial charge in [-0.2, -0.15) is 8.78 Å². The first-order valence-electron chi connectivity index (χ1n) is 5.27. The largest absolute Gasteiger partial charge is 0.431 e. The lowest BCUT2D eigenvalue weighted by Gasteiger charge is -2.29. The molecular formula is C11H10F3NO3. The Kier molecular flexibility index (Phi) is 3.59. The molecule has 2 rings (SSSR count). The molecule has 4 nitrogen and oxygen atoms in total. The van der Waals surface area contributed by atoms with Crippen LogP contribution in [0.3, 0.4) is 0 Å². The molecule has 0 atom stereocenters. The molecule has 1 amide bonds. The van der Waals surface area contributed by atoms with E-state index in [0.717, 1.165) is 24.6 Å². The fraction of sp³-hybridized carbons (Fsp3) is 0.364. The lowest BCUT2D eigenvalue weighted by molar-refractivity contribution is -0.0513. The smallest absolute Gasteiger partial charge is 0.415 e. The number of amides is 1. The minimum absolute atomic E-state index is 0.354. The van der Waals surface area contributed by atoms with Gasteiger partial charge in [0.2, 0.25) is 0 Å². The molecule has 0 aromatic heterocycles. The van der Waals surface area contributed by atoms with Crippen LogP contribution in [0.25, 0.3) is 0 Å². The molecule has 1 heterocycles. The SMILES string of the molecule is O=C(Oc1cc(F)ccc1OC(F)F)N1CCC1. The van der Waals surface area contributed by atoms with Gasteiger partial charge in [-0.05, 0) is 18.6 Å². The number of hydrogen-bond donors (Lipinski definition) is 0. The maximum Gasteiger partial charge on any atom is 0.415 e. The van der Waals surface area contributed by atoms with E-state index in [1.165, 1.54) is 4.90 Å². The molecule has 1 aliphatic rings. The normalized spacial score (nSPS) is 14.3. The molecular weight excluding hydrogens is 251 g/mol. The summed E-state index contributed by atoms with van der Waals surface area (Å²) in [6.45, 7) is -1.99. The van der Waals surface area contributed by atoms with Crippen molar-refractivity contribution in [2.24, 2.45) is 0 Å². The van der Waals surface area contributed by atoms with Gasteiger partial charge in [0.25, 0.3) is 0 Å². The van der Waals surface area contributed by atoms with E-state index < -0.39 is 18.5 Å². The minimum atomic E-state index is -3.07. The van der Waals surface area contributed by atoms with Crippen LogP contribution in [0.2, 0.25) is 0 Å². The Morgan fingerprint density at radius 1 is 1.28 bits per heavy atom. The van der Waals surface area contributed by atoms with Gasteiger partial charge in [0.05, 0.1) is 0 Å². The van der Waals surface area contributed by atoms with E-state index in [2.05, 4.69) is 4.74 Å². The number of ether oxygens (including phenoxy) is 2. The van der Waals surface area contributed by atoms with Gasteiger partial charge >= 0.3 is 12.7 Å². The van der Waals surface area contributed by atoms with Gasteiger partial charge in [-0.3, -0.25) is 0 Å². The van der Waals surface area contributed by atoms with Crippen LogP contribution in [0.4, 0.5) is 18.0 Å². The molecule has 0 unspecified atom stereocenters. The molecule has 0 N–H and O–H groups in total. The highest BCUT2D eigenvalue weighted by atomic mass is 19.3. The molecule has 1 aliphatic heterocycles. The fourth-order valence-corrected chi connectivity index (χ4v) is 1.41. The number of likely N-dealkylation sites (tertiary alicyclic amines) is 1. The quantitative estimate of drug-likeness (QED) is 0.839. The Morgan fingerprint density at radius 3 is 2.56 bits per heavy atom. The Bertz CT molecular complexity index is 449. The summed E-state index contributed by atoms with van der Waals surface area (Å²) in [5.74, 6) is -1.43. The maximum absolute atomic E-state index is 13.0. The van der Waals surface area contributed by atoms with Crippen molar-refractivity contribution in [2.45, 2.75) is 13.0 Å². The Balaban J connectivity index is 2.13. The van der Waals surface area contributed by atoms with Crippen LogP contribution in [0.1, 0.15) is 6.42 Å². The van der Waals surface area contributed by atoms with Crippen molar-refractivity contribution >= 4 is 6.09 Å². The highest BCUT2D eigenvalue weighted by Crippen LogP contribution is 2.30. The van der Waals surface area contributed by atoms with Crippen molar-refractivity contribution < 1.29 is 27.4 Å². The summed E-state index contributed by atoms with van der Waals surface area (Å²) in [6, 6.07) is 2.76. The van der Waals surface area contributed by atoms with Gasteiger partial charge in [-0.1, -0.05) is 0 Å². The van der Waals surface area contributed by atoms with E-state index in [4.69, 9.17) is 4.74 Å². The summed E-state index contributed by atoms with van der Waals surface area (Å²) in [4.78, 5) is 12.9. The van der Waals surface area contributed by atoms with Gasteiger partial charge < -0.3 is 14.4 Å². The number of alkyl halides is 2. The predicted octanol–water partition coefficient (Wildman–Crippen LogP) is 2.63. The first kappa shape index (κ1) is 12.5. The van der Waals surface area contributed by atoms with Crippen LogP contribution in [0.5, 0.6) is 11.5 Å². The zero-order valence-electron chi connectivity index (χ0n) is 9.24. The Hall–Kier alpha value is -1.92. The van der Waals surface area contributed by atoms with E-state index in [-0.39, 0.29) is 11.5 Å². The van der Waals surface area contributed by atoms with Gasteiger partial charge in [-0.25, -0.2) is 9.18 Å². The number of nitrogens with zero attached hydrogens (tertiary/aromatic N) is 1. The van der Waals surface area contributed by atoms with E-state index >= 15 is 0 Å². The third-order valence-electron chi connectivity index (χ3n) is 2.43. The number of hydrogen-bond acceptors (Lipinski definition) is 3. The van der Waals surface area contributed by atoms with E-state index in [9.17, 15) is 18.0 Å². The van der Waals surface area contributed by atoms with Crippen molar-refractivity contribution in [3.05, 3.63) is 24.0 Å². The molecule has 0 spiro atoms. The second-order valence-electron chi connectivity index (χ2n) is 3.68. The first-order chi connectivity index (χ1) is 8.56. The average Bonchev–Trinajstić information content (AvgIpc) is 2.18. The van der Waals surface area contributed by atoms with Crippen LogP contribution in [0.15, 0.2) is 18.2 Å². The molecule has 7 heteroatoms. The average molecular weight is 261 g/mol. The summed E-state index contributed by atoms with van der Waals surface area (Å²) in [7, 11) is 0. The van der Waals surface area contributed by atoms with E-state index in [1.54, 1.807) is 0 Å². The molecule has 0 bridgehead atoms. The molecule has 1 fully saturated rings. The predicted molar refractivity (Wildman–Crippen MR) is 55.2 cm³/mol. The number of carbonyl (C=O) groups is 1. The summed E-state index contributed by atoms with van der Waals surface area (Å²) in [6.07, 6.45) is 0.157. The number of rotatable bonds is 3. The van der Waals surface area contributed by atoms with Crippen molar-refractivity contribution in [2.75, 3.05) is 13.1 Å². The van der Waals surface area contributed by atoms with Crippen molar-refractivity contribution in [1.29, 1.82) is 0 Å². The summed E-state index contributed by atoms with van der Waals surface area (Å²) < 4.78 is 46.2. The first-order valence-corrected chi connectivity index (χ1v) is 5.27. The third kappa shape index (κ3) is 2.85. The fourth-order valence-electron chi connectivity index (χ4n) is 1.41. The lowest BCUT2D eigenvalue weighted by Crippen LogP contribution is -2.43. The highest BCUT2D eigenvalue weighted by Gasteiger charge is 2.24. The summed E-state index contributed by atoms with van der Waals surface area (Å²) in [5, 5.41) is 0. The van der Waals surface area contributed by atoms with E-state index in [0.29, 0.717) is 13.1 Å². The van der Waals surface area contributed by atoms with Crippen molar-refractivity contribution in [3.63, 3.8) is 0 Å². The second-order valence-corrected chi connectivity index (χ2v) is 3.68. The molecule has 18 heavy (non-hydrogen) atoms. The Morgan fingerprint density at radius 2 is 2.00 bits per heavy atom.